The number of nitrogens with zero attached hydrogens (tertiary/aromatic N) is 2. The molecule has 0 amide bonds. The average Bonchev–Trinajstić information content (AvgIpc) is 2.97. The Morgan fingerprint density at radius 1 is 1.33 bits per heavy atom. The van der Waals surface area contributed by atoms with Crippen LogP contribution < -0.4 is 0 Å². The molecule has 0 spiro atoms. The highest BCUT2D eigenvalue weighted by atomic mass is 32.2. The van der Waals surface area contributed by atoms with E-state index in [4.69, 9.17) is 4.74 Å². The number of sulfonamides is 1. The van der Waals surface area contributed by atoms with Gasteiger partial charge in [-0.25, -0.2) is 8.42 Å². The molecule has 6 nitrogen and oxygen atoms in total. The molecule has 2 aliphatic rings. The molecule has 1 aliphatic carbocycles. The number of pyridine rings is 1. The first-order valence-corrected chi connectivity index (χ1v) is 10.5. The predicted octanol–water partition coefficient (Wildman–Crippen LogP) is 2.75. The number of hydrogen-bond donors (Lipinski definition) is 0. The van der Waals surface area contributed by atoms with Crippen LogP contribution in [0.15, 0.2) is 35.4 Å². The number of ether oxygens (including phenoxy) is 1. The molecule has 7 heteroatoms. The third-order valence-electron chi connectivity index (χ3n) is 6.25. The van der Waals surface area contributed by atoms with Crippen LogP contribution in [0, 0.1) is 23.7 Å². The minimum Gasteiger partial charge on any atom is -0.469 e. The Morgan fingerprint density at radius 2 is 2.07 bits per heavy atom. The molecule has 1 saturated carbocycles. The van der Waals surface area contributed by atoms with Crippen molar-refractivity contribution < 1.29 is 17.9 Å². The first kappa shape index (κ1) is 18.4. The Bertz CT molecular complexity index is 1050. The highest BCUT2D eigenvalue weighted by molar-refractivity contribution is 7.89. The lowest BCUT2D eigenvalue weighted by Crippen LogP contribution is -2.57. The van der Waals surface area contributed by atoms with Crippen molar-refractivity contribution in [1.29, 1.82) is 0 Å². The predicted molar refractivity (Wildman–Crippen MR) is 102 cm³/mol. The lowest BCUT2D eigenvalue weighted by molar-refractivity contribution is -0.174. The number of aryl methyl sites for hydroxylation is 1. The monoisotopic (exact) mass is 388 g/mol. The van der Waals surface area contributed by atoms with E-state index >= 15 is 0 Å². The molecule has 0 unspecified atom stereocenters. The average molecular weight is 388 g/mol. The second-order valence-corrected chi connectivity index (χ2v) is 10.4. The molecule has 1 aromatic heterocycles. The van der Waals surface area contributed by atoms with Crippen molar-refractivity contribution in [3.63, 3.8) is 0 Å². The second kappa shape index (κ2) is 5.75. The number of methoxy groups -OCH3 is 1. The van der Waals surface area contributed by atoms with Crippen LogP contribution in [0.25, 0.3) is 10.9 Å². The minimum absolute atomic E-state index is 0.0441. The van der Waals surface area contributed by atoms with E-state index < -0.39 is 15.4 Å². The summed E-state index contributed by atoms with van der Waals surface area (Å²) in [4.78, 5) is 17.1. The minimum atomic E-state index is -3.77. The van der Waals surface area contributed by atoms with Gasteiger partial charge in [-0.05, 0) is 42.4 Å². The first-order chi connectivity index (χ1) is 12.6. The van der Waals surface area contributed by atoms with Crippen LogP contribution in [0.2, 0.25) is 0 Å². The fourth-order valence-electron chi connectivity index (χ4n) is 5.10. The van der Waals surface area contributed by atoms with E-state index in [1.54, 1.807) is 18.3 Å². The number of esters is 1. The molecule has 144 valence electrons. The van der Waals surface area contributed by atoms with Gasteiger partial charge in [0.25, 0.3) is 0 Å². The number of fused-ring (bicyclic) bond motifs is 2. The van der Waals surface area contributed by atoms with Gasteiger partial charge < -0.3 is 4.74 Å². The van der Waals surface area contributed by atoms with E-state index in [9.17, 15) is 13.2 Å². The smallest absolute Gasteiger partial charge is 0.313 e. The van der Waals surface area contributed by atoms with Gasteiger partial charge in [0.15, 0.2) is 0 Å². The van der Waals surface area contributed by atoms with Crippen LogP contribution in [-0.2, 0) is 19.6 Å². The van der Waals surface area contributed by atoms with Gasteiger partial charge in [0.2, 0.25) is 10.0 Å². The van der Waals surface area contributed by atoms with Crippen LogP contribution in [0.3, 0.4) is 0 Å². The van der Waals surface area contributed by atoms with Gasteiger partial charge in [-0.3, -0.25) is 9.78 Å². The third kappa shape index (κ3) is 2.51. The topological polar surface area (TPSA) is 76.6 Å². The Morgan fingerprint density at radius 3 is 2.74 bits per heavy atom. The normalized spacial score (nSPS) is 27.2. The molecular weight excluding hydrogens is 364 g/mol. The van der Waals surface area contributed by atoms with E-state index in [2.05, 4.69) is 18.8 Å². The Labute approximate surface area is 159 Å². The quantitative estimate of drug-likeness (QED) is 0.756. The van der Waals surface area contributed by atoms with Crippen LogP contribution in [0.1, 0.15) is 25.8 Å². The van der Waals surface area contributed by atoms with Gasteiger partial charge in [-0.1, -0.05) is 26.0 Å². The van der Waals surface area contributed by atoms with Crippen molar-refractivity contribution in [3.8, 4) is 0 Å². The van der Waals surface area contributed by atoms with E-state index in [1.807, 2.05) is 19.1 Å². The lowest BCUT2D eigenvalue weighted by atomic mass is 9.48. The van der Waals surface area contributed by atoms with E-state index in [0.717, 1.165) is 10.9 Å². The van der Waals surface area contributed by atoms with Gasteiger partial charge in [0.1, 0.15) is 4.90 Å². The number of rotatable bonds is 3. The summed E-state index contributed by atoms with van der Waals surface area (Å²) in [6.45, 7) is 6.58. The number of carbonyl (C=O) groups is 1. The number of carbonyl (C=O) groups excluding carboxylic acids is 1. The first-order valence-electron chi connectivity index (χ1n) is 9.06. The Balaban J connectivity index is 1.77. The van der Waals surface area contributed by atoms with Gasteiger partial charge in [-0.15, -0.1) is 0 Å². The SMILES string of the molecule is COC(=O)[C@@]12CN(S(=O)(=O)c3cccc4cc(C)cnc34)C[C@@H]1C(C)(C)C2. The highest BCUT2D eigenvalue weighted by Gasteiger charge is 2.68. The van der Waals surface area contributed by atoms with Crippen molar-refractivity contribution in [2.24, 2.45) is 16.7 Å². The summed E-state index contributed by atoms with van der Waals surface area (Å²) in [6.07, 6.45) is 2.31. The summed E-state index contributed by atoms with van der Waals surface area (Å²) in [5.74, 6) is -0.353. The molecule has 2 atom stereocenters. The maximum absolute atomic E-state index is 13.5. The fraction of sp³-hybridized carbons (Fsp3) is 0.500. The van der Waals surface area contributed by atoms with Crippen LogP contribution in [0.5, 0.6) is 0 Å². The molecule has 1 saturated heterocycles. The van der Waals surface area contributed by atoms with Gasteiger partial charge >= 0.3 is 5.97 Å². The summed E-state index contributed by atoms with van der Waals surface area (Å²) in [7, 11) is -2.40. The maximum atomic E-state index is 13.5. The lowest BCUT2D eigenvalue weighted by Gasteiger charge is -2.54. The largest absolute Gasteiger partial charge is 0.469 e. The van der Waals surface area contributed by atoms with Gasteiger partial charge in [0.05, 0.1) is 18.0 Å². The molecule has 2 aromatic rings. The maximum Gasteiger partial charge on any atom is 0.313 e. The molecule has 2 heterocycles. The van der Waals surface area contributed by atoms with Crippen molar-refractivity contribution in [1.82, 2.24) is 9.29 Å². The molecule has 0 radical (unpaired) electrons. The second-order valence-electron chi connectivity index (χ2n) is 8.50. The summed E-state index contributed by atoms with van der Waals surface area (Å²) in [6, 6.07) is 7.12. The van der Waals surface area contributed by atoms with Crippen LogP contribution in [-0.4, -0.2) is 43.9 Å². The summed E-state index contributed by atoms with van der Waals surface area (Å²) >= 11 is 0. The molecule has 4 rings (SSSR count). The number of aromatic nitrogens is 1. The Hall–Kier alpha value is -1.99. The summed E-state index contributed by atoms with van der Waals surface area (Å²) in [5, 5.41) is 0.793. The van der Waals surface area contributed by atoms with E-state index in [0.29, 0.717) is 18.5 Å². The summed E-state index contributed by atoms with van der Waals surface area (Å²) in [5.41, 5.74) is 0.614. The zero-order valence-corrected chi connectivity index (χ0v) is 16.8. The van der Waals surface area contributed by atoms with Crippen LogP contribution >= 0.6 is 0 Å². The molecule has 0 bridgehead atoms. The van der Waals surface area contributed by atoms with Gasteiger partial charge in [-0.2, -0.15) is 4.31 Å². The Kier molecular flexibility index (Phi) is 3.92. The van der Waals surface area contributed by atoms with Crippen LogP contribution in [0.4, 0.5) is 0 Å². The highest BCUT2D eigenvalue weighted by Crippen LogP contribution is 2.63. The molecular formula is C20H24N2O4S. The van der Waals surface area contributed by atoms with Crippen molar-refractivity contribution in [2.45, 2.75) is 32.1 Å². The molecule has 2 fully saturated rings. The molecule has 1 aromatic carbocycles. The third-order valence-corrected chi connectivity index (χ3v) is 8.09. The van der Waals surface area contributed by atoms with Crippen molar-refractivity contribution in [3.05, 3.63) is 36.0 Å². The van der Waals surface area contributed by atoms with Crippen molar-refractivity contribution >= 4 is 26.9 Å². The fourth-order valence-corrected chi connectivity index (χ4v) is 6.79. The standard InChI is InChI=1S/C20H24N2O4S/c1-13-8-14-6-5-7-15(17(14)21-9-13)27(24,25)22-10-16-19(2,3)11-20(16,12-22)18(23)26-4/h5-9,16H,10-12H2,1-4H3/t16-,20+/m1/s1. The molecule has 27 heavy (non-hydrogen) atoms. The number of benzene rings is 1. The molecule has 0 N–H and O–H groups in total. The van der Waals surface area contributed by atoms with E-state index in [1.165, 1.54) is 11.4 Å². The van der Waals surface area contributed by atoms with Gasteiger partial charge in [0, 0.05) is 24.7 Å². The number of hydrogen-bond acceptors (Lipinski definition) is 5. The number of para-hydroxylation sites is 1. The zero-order valence-electron chi connectivity index (χ0n) is 16.0. The summed E-state index contributed by atoms with van der Waals surface area (Å²) < 4.78 is 33.4. The zero-order chi connectivity index (χ0) is 19.6. The van der Waals surface area contributed by atoms with Crippen molar-refractivity contribution in [2.75, 3.05) is 20.2 Å². The molecule has 1 aliphatic heterocycles. The van der Waals surface area contributed by atoms with E-state index in [-0.39, 0.29) is 28.7 Å².